The van der Waals surface area contributed by atoms with Crippen LogP contribution < -0.4 is 5.32 Å². The lowest BCUT2D eigenvalue weighted by Crippen LogP contribution is -2.31. The maximum absolute atomic E-state index is 11.6. The fraction of sp³-hybridized carbons (Fsp3) is 0.867. The van der Waals surface area contributed by atoms with Crippen LogP contribution in [0.25, 0.3) is 0 Å². The molecule has 4 atom stereocenters. The Morgan fingerprint density at radius 2 is 2.15 bits per heavy atom. The van der Waals surface area contributed by atoms with Crippen LogP contribution in [-0.4, -0.2) is 37.2 Å². The second kappa shape index (κ2) is 7.07. The number of carbonyl (C=O) groups excluding carboxylic acids is 2. The van der Waals surface area contributed by atoms with E-state index in [4.69, 9.17) is 9.47 Å². The summed E-state index contributed by atoms with van der Waals surface area (Å²) in [5.74, 6) is 0.218. The molecule has 20 heavy (non-hydrogen) atoms. The fourth-order valence-electron chi connectivity index (χ4n) is 2.57. The molecule has 0 aromatic heterocycles. The first-order valence-corrected chi connectivity index (χ1v) is 7.69. The SMILES string of the molecule is CCC(C)C(=O)NCCC(=O)OCC1CCC2OC2C1. The van der Waals surface area contributed by atoms with Crippen LogP contribution in [0.5, 0.6) is 0 Å². The fourth-order valence-corrected chi connectivity index (χ4v) is 2.57. The Labute approximate surface area is 120 Å². The molecule has 1 amide bonds. The molecule has 2 aliphatic rings. The Balaban J connectivity index is 1.53. The molecule has 1 aliphatic carbocycles. The minimum absolute atomic E-state index is 0.000234. The molecule has 0 bridgehead atoms. The number of hydrogen-bond acceptors (Lipinski definition) is 4. The van der Waals surface area contributed by atoms with Gasteiger partial charge in [0.05, 0.1) is 25.2 Å². The van der Waals surface area contributed by atoms with Crippen LogP contribution in [0.1, 0.15) is 46.0 Å². The molecule has 0 aromatic carbocycles. The molecule has 4 unspecified atom stereocenters. The van der Waals surface area contributed by atoms with E-state index in [1.165, 1.54) is 0 Å². The smallest absolute Gasteiger partial charge is 0.307 e. The highest BCUT2D eigenvalue weighted by atomic mass is 16.6. The van der Waals surface area contributed by atoms with Crippen molar-refractivity contribution in [2.24, 2.45) is 11.8 Å². The molecule has 1 N–H and O–H groups in total. The van der Waals surface area contributed by atoms with Gasteiger partial charge in [-0.25, -0.2) is 0 Å². The Hall–Kier alpha value is -1.10. The van der Waals surface area contributed by atoms with Crippen molar-refractivity contribution in [3.63, 3.8) is 0 Å². The van der Waals surface area contributed by atoms with E-state index < -0.39 is 0 Å². The van der Waals surface area contributed by atoms with Gasteiger partial charge in [0.25, 0.3) is 0 Å². The van der Waals surface area contributed by atoms with E-state index in [2.05, 4.69) is 5.32 Å². The van der Waals surface area contributed by atoms with Crippen LogP contribution in [0.15, 0.2) is 0 Å². The van der Waals surface area contributed by atoms with Crippen molar-refractivity contribution in [3.8, 4) is 0 Å². The number of amides is 1. The number of fused-ring (bicyclic) bond motifs is 1. The van der Waals surface area contributed by atoms with E-state index in [1.807, 2.05) is 13.8 Å². The quantitative estimate of drug-likeness (QED) is 0.570. The minimum atomic E-state index is -0.228. The number of rotatable bonds is 7. The van der Waals surface area contributed by atoms with E-state index in [0.29, 0.717) is 31.3 Å². The van der Waals surface area contributed by atoms with E-state index >= 15 is 0 Å². The lowest BCUT2D eigenvalue weighted by atomic mass is 9.90. The summed E-state index contributed by atoms with van der Waals surface area (Å²) in [6, 6.07) is 0. The van der Waals surface area contributed by atoms with Crippen molar-refractivity contribution < 1.29 is 19.1 Å². The highest BCUT2D eigenvalue weighted by molar-refractivity contribution is 5.79. The first kappa shape index (κ1) is 15.3. The van der Waals surface area contributed by atoms with Crippen LogP contribution >= 0.6 is 0 Å². The van der Waals surface area contributed by atoms with Gasteiger partial charge in [-0.05, 0) is 31.6 Å². The number of epoxide rings is 1. The molecular formula is C15H25NO4. The zero-order chi connectivity index (χ0) is 14.5. The van der Waals surface area contributed by atoms with Gasteiger partial charge in [-0.1, -0.05) is 13.8 Å². The van der Waals surface area contributed by atoms with E-state index in [9.17, 15) is 9.59 Å². The second-order valence-electron chi connectivity index (χ2n) is 5.93. The average molecular weight is 283 g/mol. The van der Waals surface area contributed by atoms with Crippen LogP contribution in [0.4, 0.5) is 0 Å². The lowest BCUT2D eigenvalue weighted by molar-refractivity contribution is -0.145. The molecule has 5 heteroatoms. The highest BCUT2D eigenvalue weighted by Gasteiger charge is 2.43. The summed E-state index contributed by atoms with van der Waals surface area (Å²) in [5, 5.41) is 2.76. The van der Waals surface area contributed by atoms with E-state index in [-0.39, 0.29) is 24.2 Å². The molecule has 0 spiro atoms. The van der Waals surface area contributed by atoms with Crippen molar-refractivity contribution in [2.45, 2.75) is 58.2 Å². The third kappa shape index (κ3) is 4.47. The van der Waals surface area contributed by atoms with Gasteiger partial charge in [0.1, 0.15) is 0 Å². The summed E-state index contributed by atoms with van der Waals surface area (Å²) in [4.78, 5) is 23.1. The van der Waals surface area contributed by atoms with Gasteiger partial charge in [0, 0.05) is 12.5 Å². The number of nitrogens with one attached hydrogen (secondary N) is 1. The van der Waals surface area contributed by atoms with Crippen molar-refractivity contribution in [2.75, 3.05) is 13.2 Å². The highest BCUT2D eigenvalue weighted by Crippen LogP contribution is 2.39. The van der Waals surface area contributed by atoms with Gasteiger partial charge in [-0.2, -0.15) is 0 Å². The molecule has 1 saturated carbocycles. The van der Waals surface area contributed by atoms with Gasteiger partial charge in [0.2, 0.25) is 5.91 Å². The topological polar surface area (TPSA) is 67.9 Å². The molecule has 5 nitrogen and oxygen atoms in total. The zero-order valence-electron chi connectivity index (χ0n) is 12.4. The van der Waals surface area contributed by atoms with Gasteiger partial charge >= 0.3 is 5.97 Å². The number of carbonyl (C=O) groups is 2. The summed E-state index contributed by atoms with van der Waals surface area (Å²) in [5.41, 5.74) is 0. The normalized spacial score (nSPS) is 29.2. The van der Waals surface area contributed by atoms with Crippen molar-refractivity contribution in [1.82, 2.24) is 5.32 Å². The van der Waals surface area contributed by atoms with Gasteiger partial charge < -0.3 is 14.8 Å². The average Bonchev–Trinajstić information content (AvgIpc) is 3.22. The molecule has 1 saturated heterocycles. The minimum Gasteiger partial charge on any atom is -0.465 e. The first-order chi connectivity index (χ1) is 9.60. The van der Waals surface area contributed by atoms with Crippen LogP contribution in [0, 0.1) is 11.8 Å². The molecular weight excluding hydrogens is 258 g/mol. The van der Waals surface area contributed by atoms with Crippen LogP contribution in [-0.2, 0) is 19.1 Å². The Morgan fingerprint density at radius 3 is 2.85 bits per heavy atom. The molecule has 1 heterocycles. The molecule has 114 valence electrons. The molecule has 2 fully saturated rings. The molecule has 0 radical (unpaired) electrons. The van der Waals surface area contributed by atoms with Crippen LogP contribution in [0.2, 0.25) is 0 Å². The third-order valence-corrected chi connectivity index (χ3v) is 4.28. The number of ether oxygens (including phenoxy) is 2. The summed E-state index contributed by atoms with van der Waals surface area (Å²) in [6.07, 6.45) is 5.15. The Morgan fingerprint density at radius 1 is 1.35 bits per heavy atom. The van der Waals surface area contributed by atoms with Gasteiger partial charge in [-0.15, -0.1) is 0 Å². The third-order valence-electron chi connectivity index (χ3n) is 4.28. The first-order valence-electron chi connectivity index (χ1n) is 7.69. The summed E-state index contributed by atoms with van der Waals surface area (Å²) in [6.45, 7) is 4.70. The Kier molecular flexibility index (Phi) is 5.40. The molecule has 2 rings (SSSR count). The van der Waals surface area contributed by atoms with E-state index in [1.54, 1.807) is 0 Å². The number of hydrogen-bond donors (Lipinski definition) is 1. The largest absolute Gasteiger partial charge is 0.465 e. The van der Waals surface area contributed by atoms with E-state index in [0.717, 1.165) is 25.7 Å². The maximum atomic E-state index is 11.6. The molecule has 1 aliphatic heterocycles. The lowest BCUT2D eigenvalue weighted by Gasteiger charge is -2.18. The van der Waals surface area contributed by atoms with Gasteiger partial charge in [0.15, 0.2) is 0 Å². The molecule has 0 aromatic rings. The Bertz CT molecular complexity index is 358. The summed E-state index contributed by atoms with van der Waals surface area (Å²) < 4.78 is 10.7. The summed E-state index contributed by atoms with van der Waals surface area (Å²) in [7, 11) is 0. The standard InChI is InChI=1S/C15H25NO4/c1-3-10(2)15(18)16-7-6-14(17)19-9-11-4-5-12-13(8-11)20-12/h10-13H,3-9H2,1-2H3,(H,16,18). The predicted octanol–water partition coefficient (Wildman–Crippen LogP) is 1.65. The second-order valence-corrected chi connectivity index (χ2v) is 5.93. The zero-order valence-corrected chi connectivity index (χ0v) is 12.4. The van der Waals surface area contributed by atoms with Crippen molar-refractivity contribution in [3.05, 3.63) is 0 Å². The van der Waals surface area contributed by atoms with Crippen LogP contribution in [0.3, 0.4) is 0 Å². The van der Waals surface area contributed by atoms with Gasteiger partial charge in [-0.3, -0.25) is 9.59 Å². The number of esters is 1. The van der Waals surface area contributed by atoms with Crippen molar-refractivity contribution >= 4 is 11.9 Å². The van der Waals surface area contributed by atoms with Crippen molar-refractivity contribution in [1.29, 1.82) is 0 Å². The summed E-state index contributed by atoms with van der Waals surface area (Å²) >= 11 is 0. The maximum Gasteiger partial charge on any atom is 0.307 e. The monoisotopic (exact) mass is 283 g/mol. The predicted molar refractivity (Wildman–Crippen MR) is 74.0 cm³/mol.